The first-order valence-corrected chi connectivity index (χ1v) is 6.59. The summed E-state index contributed by atoms with van der Waals surface area (Å²) < 4.78 is 0. The van der Waals surface area contributed by atoms with Crippen LogP contribution in [0.3, 0.4) is 0 Å². The molecule has 0 aromatic heterocycles. The summed E-state index contributed by atoms with van der Waals surface area (Å²) in [5, 5.41) is 12.2. The molecule has 1 amide bonds. The molecule has 0 radical (unpaired) electrons. The maximum absolute atomic E-state index is 11.9. The molecule has 2 aliphatic carbocycles. The molecule has 2 aliphatic rings. The number of carboxylic acid groups (broad SMARTS) is 1. The Morgan fingerprint density at radius 2 is 1.94 bits per heavy atom. The van der Waals surface area contributed by atoms with Gasteiger partial charge in [-0.1, -0.05) is 0 Å². The number of hydrogen-bond donors (Lipinski definition) is 3. The zero-order valence-corrected chi connectivity index (χ0v) is 11.0. The van der Waals surface area contributed by atoms with Crippen molar-refractivity contribution in [3.63, 3.8) is 0 Å². The van der Waals surface area contributed by atoms with Crippen molar-refractivity contribution in [2.24, 2.45) is 23.5 Å². The van der Waals surface area contributed by atoms with Crippen LogP contribution in [-0.4, -0.2) is 28.6 Å². The number of fused-ring (bicyclic) bond motifs is 2. The number of nitrogens with two attached hydrogens (primary N) is 1. The molecule has 0 aliphatic heterocycles. The van der Waals surface area contributed by atoms with E-state index in [-0.39, 0.29) is 24.3 Å². The van der Waals surface area contributed by atoms with Crippen LogP contribution in [0.5, 0.6) is 0 Å². The van der Waals surface area contributed by atoms with E-state index in [9.17, 15) is 14.7 Å². The van der Waals surface area contributed by atoms with Gasteiger partial charge in [-0.3, -0.25) is 9.59 Å². The lowest BCUT2D eigenvalue weighted by molar-refractivity contribution is -0.144. The van der Waals surface area contributed by atoms with Crippen LogP contribution in [0.1, 0.15) is 39.5 Å². The summed E-state index contributed by atoms with van der Waals surface area (Å²) in [7, 11) is 0. The highest BCUT2D eigenvalue weighted by Crippen LogP contribution is 2.48. The van der Waals surface area contributed by atoms with Gasteiger partial charge in [0.15, 0.2) is 0 Å². The zero-order chi connectivity index (χ0) is 13.5. The second kappa shape index (κ2) is 4.53. The van der Waals surface area contributed by atoms with Crippen molar-refractivity contribution in [3.05, 3.63) is 0 Å². The van der Waals surface area contributed by atoms with E-state index in [1.165, 1.54) is 0 Å². The molecule has 0 saturated heterocycles. The third-order valence-electron chi connectivity index (χ3n) is 4.15. The van der Waals surface area contributed by atoms with Gasteiger partial charge in [-0.25, -0.2) is 0 Å². The lowest BCUT2D eigenvalue weighted by Gasteiger charge is -2.30. The quantitative estimate of drug-likeness (QED) is 0.689. The fraction of sp³-hybridized carbons (Fsp3) is 0.846. The third-order valence-corrected chi connectivity index (χ3v) is 4.15. The predicted molar refractivity (Wildman–Crippen MR) is 66.8 cm³/mol. The maximum Gasteiger partial charge on any atom is 0.308 e. The van der Waals surface area contributed by atoms with Crippen LogP contribution < -0.4 is 11.1 Å². The molecule has 5 heteroatoms. The normalized spacial score (nSPS) is 34.6. The minimum absolute atomic E-state index is 0.133. The second-order valence-corrected chi connectivity index (χ2v) is 6.46. The largest absolute Gasteiger partial charge is 0.481 e. The van der Waals surface area contributed by atoms with Crippen LogP contribution in [0.2, 0.25) is 0 Å². The summed E-state index contributed by atoms with van der Waals surface area (Å²) in [5.41, 5.74) is 5.25. The highest BCUT2D eigenvalue weighted by atomic mass is 16.4. The first-order chi connectivity index (χ1) is 8.28. The highest BCUT2D eigenvalue weighted by Gasteiger charge is 2.51. The number of carboxylic acids is 1. The number of amides is 1. The van der Waals surface area contributed by atoms with Gasteiger partial charge in [0.05, 0.1) is 5.92 Å². The Morgan fingerprint density at radius 1 is 1.33 bits per heavy atom. The van der Waals surface area contributed by atoms with Gasteiger partial charge >= 0.3 is 5.97 Å². The third kappa shape index (κ3) is 2.66. The van der Waals surface area contributed by atoms with Crippen LogP contribution in [0.15, 0.2) is 0 Å². The number of carbonyl (C=O) groups excluding carboxylic acids is 1. The second-order valence-electron chi connectivity index (χ2n) is 6.46. The number of rotatable bonds is 4. The highest BCUT2D eigenvalue weighted by molar-refractivity contribution is 5.79. The average molecular weight is 254 g/mol. The fourth-order valence-corrected chi connectivity index (χ4v) is 3.51. The summed E-state index contributed by atoms with van der Waals surface area (Å²) in [4.78, 5) is 23.2. The first-order valence-electron chi connectivity index (χ1n) is 6.59. The topological polar surface area (TPSA) is 92.4 Å². The van der Waals surface area contributed by atoms with Gasteiger partial charge in [-0.15, -0.1) is 0 Å². The van der Waals surface area contributed by atoms with Crippen molar-refractivity contribution in [2.75, 3.05) is 0 Å². The van der Waals surface area contributed by atoms with Crippen molar-refractivity contribution in [1.82, 2.24) is 5.32 Å². The molecule has 2 saturated carbocycles. The van der Waals surface area contributed by atoms with Crippen molar-refractivity contribution >= 4 is 11.9 Å². The lowest BCUT2D eigenvalue weighted by Crippen LogP contribution is -2.49. The van der Waals surface area contributed by atoms with E-state index in [0.29, 0.717) is 5.92 Å². The molecule has 18 heavy (non-hydrogen) atoms. The summed E-state index contributed by atoms with van der Waals surface area (Å²) in [6, 6.07) is -0.198. The summed E-state index contributed by atoms with van der Waals surface area (Å²) in [6.45, 7) is 3.59. The minimum Gasteiger partial charge on any atom is -0.481 e. The van der Waals surface area contributed by atoms with Crippen LogP contribution in [-0.2, 0) is 9.59 Å². The Bertz CT molecular complexity index is 362. The standard InChI is InChI=1S/C13H22N2O3/c1-13(2,14)6-9(16)15-11-8-4-3-7(5-8)10(11)12(17)18/h7-8,10-11H,3-6,14H2,1-2H3,(H,15,16)(H,17,18). The SMILES string of the molecule is CC(C)(N)CC(=O)NC1C2CCC(C2)C1C(=O)O. The van der Waals surface area contributed by atoms with Gasteiger partial charge in [0, 0.05) is 18.0 Å². The smallest absolute Gasteiger partial charge is 0.308 e. The Morgan fingerprint density at radius 3 is 2.50 bits per heavy atom. The van der Waals surface area contributed by atoms with Crippen molar-refractivity contribution in [1.29, 1.82) is 0 Å². The van der Waals surface area contributed by atoms with E-state index < -0.39 is 17.4 Å². The fourth-order valence-electron chi connectivity index (χ4n) is 3.51. The number of aliphatic carboxylic acids is 1. The number of nitrogens with one attached hydrogen (secondary N) is 1. The molecule has 4 N–H and O–H groups in total. The molecule has 0 spiro atoms. The molecule has 2 fully saturated rings. The van der Waals surface area contributed by atoms with Gasteiger partial charge < -0.3 is 16.2 Å². The van der Waals surface area contributed by atoms with E-state index in [0.717, 1.165) is 19.3 Å². The zero-order valence-electron chi connectivity index (χ0n) is 11.0. The van der Waals surface area contributed by atoms with E-state index in [1.54, 1.807) is 13.8 Å². The average Bonchev–Trinajstić information content (AvgIpc) is 2.73. The first kappa shape index (κ1) is 13.3. The van der Waals surface area contributed by atoms with Crippen LogP contribution in [0.4, 0.5) is 0 Å². The summed E-state index contributed by atoms with van der Waals surface area (Å²) in [5.74, 6) is -0.746. The van der Waals surface area contributed by atoms with Crippen molar-refractivity contribution in [3.8, 4) is 0 Å². The van der Waals surface area contributed by atoms with Gasteiger partial charge in [0.2, 0.25) is 5.91 Å². The Balaban J connectivity index is 2.00. The number of carbonyl (C=O) groups is 2. The molecule has 0 heterocycles. The predicted octanol–water partition coefficient (Wildman–Crippen LogP) is 0.729. The molecule has 4 atom stereocenters. The van der Waals surface area contributed by atoms with Crippen molar-refractivity contribution < 1.29 is 14.7 Å². The molecular formula is C13H22N2O3. The minimum atomic E-state index is -0.778. The van der Waals surface area contributed by atoms with Gasteiger partial charge in [-0.05, 0) is 44.9 Å². The van der Waals surface area contributed by atoms with Gasteiger partial charge in [0.25, 0.3) is 0 Å². The van der Waals surface area contributed by atoms with E-state index in [4.69, 9.17) is 5.73 Å². The molecule has 2 bridgehead atoms. The maximum atomic E-state index is 11.9. The van der Waals surface area contributed by atoms with Crippen molar-refractivity contribution in [2.45, 2.75) is 51.1 Å². The molecule has 0 aromatic rings. The monoisotopic (exact) mass is 254 g/mol. The molecule has 102 valence electrons. The van der Waals surface area contributed by atoms with E-state index in [2.05, 4.69) is 5.32 Å². The van der Waals surface area contributed by atoms with Gasteiger partial charge in [0.1, 0.15) is 0 Å². The summed E-state index contributed by atoms with van der Waals surface area (Å²) in [6.07, 6.45) is 3.18. The number of hydrogen-bond acceptors (Lipinski definition) is 3. The summed E-state index contributed by atoms with van der Waals surface area (Å²) >= 11 is 0. The Kier molecular flexibility index (Phi) is 3.36. The van der Waals surface area contributed by atoms with E-state index >= 15 is 0 Å². The lowest BCUT2D eigenvalue weighted by atomic mass is 9.84. The molecule has 4 unspecified atom stereocenters. The molecule has 0 aromatic carbocycles. The van der Waals surface area contributed by atoms with Gasteiger partial charge in [-0.2, -0.15) is 0 Å². The Hall–Kier alpha value is -1.10. The molecule has 2 rings (SSSR count). The van der Waals surface area contributed by atoms with Crippen LogP contribution in [0, 0.1) is 17.8 Å². The van der Waals surface area contributed by atoms with Crippen LogP contribution >= 0.6 is 0 Å². The molecule has 5 nitrogen and oxygen atoms in total. The van der Waals surface area contributed by atoms with E-state index in [1.807, 2.05) is 0 Å². The van der Waals surface area contributed by atoms with Crippen LogP contribution in [0.25, 0.3) is 0 Å². The molecular weight excluding hydrogens is 232 g/mol. The Labute approximate surface area is 107 Å².